The third-order valence-electron chi connectivity index (χ3n) is 4.10. The summed E-state index contributed by atoms with van der Waals surface area (Å²) in [5.41, 5.74) is 7.64. The summed E-state index contributed by atoms with van der Waals surface area (Å²) in [6, 6.07) is 5.69. The molecule has 2 aromatic heterocycles. The Bertz CT molecular complexity index is 775. The number of nitrogen functional groups attached to an aromatic ring is 1. The molecule has 9 nitrogen and oxygen atoms in total. The van der Waals surface area contributed by atoms with E-state index in [0.717, 1.165) is 5.69 Å². The third-order valence-corrected chi connectivity index (χ3v) is 4.10. The van der Waals surface area contributed by atoms with Crippen molar-refractivity contribution in [2.45, 2.75) is 13.8 Å². The van der Waals surface area contributed by atoms with Crippen molar-refractivity contribution in [3.05, 3.63) is 30.2 Å². The van der Waals surface area contributed by atoms with Crippen LogP contribution in [0.3, 0.4) is 0 Å². The Balaban J connectivity index is 1.71. The zero-order chi connectivity index (χ0) is 18.5. The summed E-state index contributed by atoms with van der Waals surface area (Å²) >= 11 is 0. The van der Waals surface area contributed by atoms with Crippen molar-refractivity contribution in [1.82, 2.24) is 19.9 Å². The first-order valence-electron chi connectivity index (χ1n) is 8.56. The number of amides is 1. The number of hydrogen-bond acceptors (Lipinski definition) is 8. The number of rotatable bonds is 4. The van der Waals surface area contributed by atoms with Gasteiger partial charge in [0.2, 0.25) is 0 Å². The van der Waals surface area contributed by atoms with Gasteiger partial charge < -0.3 is 25.6 Å². The van der Waals surface area contributed by atoms with Crippen LogP contribution in [-0.2, 0) is 4.74 Å². The number of carbonyl (C=O) groups is 1. The van der Waals surface area contributed by atoms with E-state index in [4.69, 9.17) is 10.5 Å². The molecule has 0 bridgehead atoms. The highest BCUT2D eigenvalue weighted by Crippen LogP contribution is 2.28. The molecule has 0 aromatic carbocycles. The van der Waals surface area contributed by atoms with E-state index in [2.05, 4.69) is 20.3 Å². The van der Waals surface area contributed by atoms with Crippen LogP contribution in [0.5, 0.6) is 0 Å². The Morgan fingerprint density at radius 1 is 1.27 bits per heavy atom. The van der Waals surface area contributed by atoms with E-state index in [1.165, 1.54) is 6.33 Å². The zero-order valence-corrected chi connectivity index (χ0v) is 15.0. The third kappa shape index (κ3) is 3.93. The molecule has 1 amide bonds. The molecule has 0 spiro atoms. The van der Waals surface area contributed by atoms with Gasteiger partial charge in [-0.25, -0.2) is 19.7 Å². The number of hydrogen-bond donors (Lipinski definition) is 2. The quantitative estimate of drug-likeness (QED) is 0.852. The minimum Gasteiger partial charge on any atom is -0.450 e. The molecule has 3 rings (SSSR count). The molecule has 0 aliphatic carbocycles. The molecule has 0 saturated carbocycles. The Morgan fingerprint density at radius 3 is 2.73 bits per heavy atom. The standard InChI is InChI=1S/C17H23N7O2/c1-3-26-17(25)24-9-7-23(8-10-24)16-14(18)15(19-11-20-16)22-13-6-4-5-12(2)21-13/h4-6,11H,3,7-10,18H2,1-2H3,(H,19,20,21,22). The first-order chi connectivity index (χ1) is 12.6. The molecule has 1 fully saturated rings. The Kier molecular flexibility index (Phi) is 5.35. The monoisotopic (exact) mass is 357 g/mol. The molecule has 138 valence electrons. The fraction of sp³-hybridized carbons (Fsp3) is 0.412. The zero-order valence-electron chi connectivity index (χ0n) is 15.0. The smallest absolute Gasteiger partial charge is 0.409 e. The molecular weight excluding hydrogens is 334 g/mol. The van der Waals surface area contributed by atoms with Crippen LogP contribution in [0.2, 0.25) is 0 Å². The van der Waals surface area contributed by atoms with Gasteiger partial charge in [-0.05, 0) is 26.0 Å². The number of carbonyl (C=O) groups excluding carboxylic acids is 1. The number of nitrogens with zero attached hydrogens (tertiary/aromatic N) is 5. The van der Waals surface area contributed by atoms with Gasteiger partial charge in [0.15, 0.2) is 11.6 Å². The fourth-order valence-electron chi connectivity index (χ4n) is 2.79. The first kappa shape index (κ1) is 17.7. The number of aromatic nitrogens is 3. The summed E-state index contributed by atoms with van der Waals surface area (Å²) < 4.78 is 5.04. The van der Waals surface area contributed by atoms with Crippen LogP contribution in [-0.4, -0.2) is 58.7 Å². The molecule has 2 aromatic rings. The number of ether oxygens (including phenoxy) is 1. The van der Waals surface area contributed by atoms with Crippen LogP contribution in [0.15, 0.2) is 24.5 Å². The Morgan fingerprint density at radius 2 is 2.04 bits per heavy atom. The fourth-order valence-corrected chi connectivity index (χ4v) is 2.79. The molecule has 0 atom stereocenters. The minimum absolute atomic E-state index is 0.282. The molecule has 0 unspecified atom stereocenters. The number of anilines is 4. The van der Waals surface area contributed by atoms with Crippen molar-refractivity contribution in [1.29, 1.82) is 0 Å². The van der Waals surface area contributed by atoms with Gasteiger partial charge >= 0.3 is 6.09 Å². The average molecular weight is 357 g/mol. The van der Waals surface area contributed by atoms with Crippen molar-refractivity contribution in [3.63, 3.8) is 0 Å². The molecule has 1 aliphatic rings. The molecule has 1 saturated heterocycles. The summed E-state index contributed by atoms with van der Waals surface area (Å²) in [7, 11) is 0. The van der Waals surface area contributed by atoms with Crippen LogP contribution in [0, 0.1) is 6.92 Å². The maximum Gasteiger partial charge on any atom is 0.409 e. The molecule has 26 heavy (non-hydrogen) atoms. The van der Waals surface area contributed by atoms with Crippen molar-refractivity contribution >= 4 is 29.2 Å². The first-order valence-corrected chi connectivity index (χ1v) is 8.56. The van der Waals surface area contributed by atoms with Crippen LogP contribution in [0.25, 0.3) is 0 Å². The lowest BCUT2D eigenvalue weighted by Crippen LogP contribution is -2.49. The lowest BCUT2D eigenvalue weighted by atomic mass is 10.3. The molecule has 0 radical (unpaired) electrons. The minimum atomic E-state index is -0.282. The van der Waals surface area contributed by atoms with Crippen molar-refractivity contribution in [2.24, 2.45) is 0 Å². The Labute approximate surface area is 152 Å². The predicted octanol–water partition coefficient (Wildman–Crippen LogP) is 1.78. The molecular formula is C17H23N7O2. The van der Waals surface area contributed by atoms with Crippen LogP contribution in [0.1, 0.15) is 12.6 Å². The number of pyridine rings is 1. The van der Waals surface area contributed by atoms with E-state index in [0.29, 0.717) is 55.9 Å². The summed E-state index contributed by atoms with van der Waals surface area (Å²) in [5.74, 6) is 1.84. The van der Waals surface area contributed by atoms with Crippen molar-refractivity contribution in [2.75, 3.05) is 48.7 Å². The highest BCUT2D eigenvalue weighted by atomic mass is 16.6. The summed E-state index contributed by atoms with van der Waals surface area (Å²) in [6.45, 7) is 6.47. The normalized spacial score (nSPS) is 14.2. The van der Waals surface area contributed by atoms with Gasteiger partial charge in [-0.1, -0.05) is 6.07 Å². The van der Waals surface area contributed by atoms with Gasteiger partial charge in [-0.3, -0.25) is 0 Å². The van der Waals surface area contributed by atoms with E-state index in [-0.39, 0.29) is 6.09 Å². The van der Waals surface area contributed by atoms with E-state index in [1.54, 1.807) is 11.8 Å². The van der Waals surface area contributed by atoms with E-state index < -0.39 is 0 Å². The van der Waals surface area contributed by atoms with Gasteiger partial charge in [0, 0.05) is 31.9 Å². The second-order valence-electron chi connectivity index (χ2n) is 5.92. The maximum atomic E-state index is 11.8. The van der Waals surface area contributed by atoms with Gasteiger partial charge in [-0.15, -0.1) is 0 Å². The number of nitrogens with two attached hydrogens (primary N) is 1. The number of piperazine rings is 1. The van der Waals surface area contributed by atoms with Crippen molar-refractivity contribution in [3.8, 4) is 0 Å². The van der Waals surface area contributed by atoms with Crippen LogP contribution in [0.4, 0.5) is 27.9 Å². The Hall–Kier alpha value is -3.10. The number of nitrogens with one attached hydrogen (secondary N) is 1. The van der Waals surface area contributed by atoms with Gasteiger partial charge in [0.05, 0.1) is 6.61 Å². The van der Waals surface area contributed by atoms with Crippen LogP contribution >= 0.6 is 0 Å². The predicted molar refractivity (Wildman–Crippen MR) is 99.5 cm³/mol. The topological polar surface area (TPSA) is 110 Å². The molecule has 9 heteroatoms. The second kappa shape index (κ2) is 7.85. The molecule has 3 N–H and O–H groups in total. The average Bonchev–Trinajstić information content (AvgIpc) is 2.64. The lowest BCUT2D eigenvalue weighted by molar-refractivity contribution is 0.105. The SMILES string of the molecule is CCOC(=O)N1CCN(c2ncnc(Nc3cccc(C)n3)c2N)CC1. The van der Waals surface area contributed by atoms with E-state index >= 15 is 0 Å². The highest BCUT2D eigenvalue weighted by Gasteiger charge is 2.24. The summed E-state index contributed by atoms with van der Waals surface area (Å²) in [6.07, 6.45) is 1.19. The molecule has 3 heterocycles. The van der Waals surface area contributed by atoms with Gasteiger partial charge in [0.1, 0.15) is 17.8 Å². The maximum absolute atomic E-state index is 11.8. The van der Waals surface area contributed by atoms with Crippen LogP contribution < -0.4 is 16.0 Å². The second-order valence-corrected chi connectivity index (χ2v) is 5.92. The lowest BCUT2D eigenvalue weighted by Gasteiger charge is -2.35. The van der Waals surface area contributed by atoms with Crippen molar-refractivity contribution < 1.29 is 9.53 Å². The molecule has 1 aliphatic heterocycles. The van der Waals surface area contributed by atoms with E-state index in [9.17, 15) is 4.79 Å². The number of aryl methyl sites for hydroxylation is 1. The highest BCUT2D eigenvalue weighted by molar-refractivity contribution is 5.78. The van der Waals surface area contributed by atoms with Gasteiger partial charge in [0.25, 0.3) is 0 Å². The van der Waals surface area contributed by atoms with Gasteiger partial charge in [-0.2, -0.15) is 0 Å². The summed E-state index contributed by atoms with van der Waals surface area (Å²) in [5, 5.41) is 3.14. The summed E-state index contributed by atoms with van der Waals surface area (Å²) in [4.78, 5) is 28.5. The van der Waals surface area contributed by atoms with E-state index in [1.807, 2.05) is 30.0 Å². The largest absolute Gasteiger partial charge is 0.450 e.